The van der Waals surface area contributed by atoms with Gasteiger partial charge in [0.05, 0.1) is 15.6 Å². The van der Waals surface area contributed by atoms with Crippen molar-refractivity contribution in [2.45, 2.75) is 13.3 Å². The van der Waals surface area contributed by atoms with Gasteiger partial charge in [-0.3, -0.25) is 9.69 Å². The van der Waals surface area contributed by atoms with Gasteiger partial charge in [-0.15, -0.1) is 0 Å². The largest absolute Gasteiger partial charge is 0.286 e. The Hall–Kier alpha value is -2.11. The molecular formula is C19H16ClFN2OS. The highest BCUT2D eigenvalue weighted by Gasteiger charge is 2.33. The Morgan fingerprint density at radius 1 is 1.20 bits per heavy atom. The van der Waals surface area contributed by atoms with Gasteiger partial charge in [0, 0.05) is 12.1 Å². The van der Waals surface area contributed by atoms with Gasteiger partial charge >= 0.3 is 0 Å². The molecule has 0 aliphatic carbocycles. The molecule has 0 unspecified atom stereocenters. The van der Waals surface area contributed by atoms with Crippen LogP contribution in [0.5, 0.6) is 0 Å². The maximum absolute atomic E-state index is 14.0. The highest BCUT2D eigenvalue weighted by atomic mass is 35.5. The van der Waals surface area contributed by atoms with Crippen molar-refractivity contribution in [3.8, 4) is 0 Å². The van der Waals surface area contributed by atoms with E-state index in [0.29, 0.717) is 16.6 Å². The fourth-order valence-corrected chi connectivity index (χ4v) is 3.63. The normalized spacial score (nSPS) is 17.7. The van der Waals surface area contributed by atoms with Gasteiger partial charge in [0.1, 0.15) is 5.82 Å². The molecule has 0 aromatic heterocycles. The lowest BCUT2D eigenvalue weighted by atomic mass is 10.2. The number of carbonyl (C=O) groups excluding carboxylic acids is 1. The van der Waals surface area contributed by atoms with Gasteiger partial charge in [-0.05, 0) is 48.5 Å². The third kappa shape index (κ3) is 3.94. The summed E-state index contributed by atoms with van der Waals surface area (Å²) in [5.74, 6) is -0.634. The van der Waals surface area contributed by atoms with E-state index in [9.17, 15) is 9.18 Å². The summed E-state index contributed by atoms with van der Waals surface area (Å²) in [4.78, 5) is 19.3. The molecule has 1 saturated heterocycles. The third-order valence-electron chi connectivity index (χ3n) is 3.59. The van der Waals surface area contributed by atoms with E-state index in [0.717, 1.165) is 12.1 Å². The minimum atomic E-state index is -0.455. The van der Waals surface area contributed by atoms with Crippen LogP contribution in [-0.4, -0.2) is 22.5 Å². The number of halogens is 2. The van der Waals surface area contributed by atoms with Crippen molar-refractivity contribution < 1.29 is 9.18 Å². The second-order valence-electron chi connectivity index (χ2n) is 5.43. The van der Waals surface area contributed by atoms with Crippen LogP contribution in [0.15, 0.2) is 58.4 Å². The van der Waals surface area contributed by atoms with Crippen LogP contribution < -0.4 is 0 Å². The number of hydrogen-bond donors (Lipinski definition) is 0. The molecule has 6 heteroatoms. The zero-order valence-electron chi connectivity index (χ0n) is 13.6. The van der Waals surface area contributed by atoms with Crippen molar-refractivity contribution in [1.82, 2.24) is 4.90 Å². The predicted octanol–water partition coefficient (Wildman–Crippen LogP) is 5.49. The number of benzene rings is 2. The lowest BCUT2D eigenvalue weighted by Gasteiger charge is -2.13. The maximum atomic E-state index is 14.0. The molecule has 25 heavy (non-hydrogen) atoms. The zero-order valence-corrected chi connectivity index (χ0v) is 15.1. The second kappa shape index (κ2) is 7.85. The lowest BCUT2D eigenvalue weighted by Crippen LogP contribution is -2.29. The lowest BCUT2D eigenvalue weighted by molar-refractivity contribution is -0.122. The molecule has 2 aromatic rings. The average molecular weight is 375 g/mol. The smallest absolute Gasteiger partial charge is 0.266 e. The predicted molar refractivity (Wildman–Crippen MR) is 103 cm³/mol. The van der Waals surface area contributed by atoms with Crippen molar-refractivity contribution in [3.63, 3.8) is 0 Å². The summed E-state index contributed by atoms with van der Waals surface area (Å²) >= 11 is 7.31. The molecule has 2 aromatic carbocycles. The molecule has 0 radical (unpaired) electrons. The van der Waals surface area contributed by atoms with Crippen LogP contribution in [0.1, 0.15) is 18.9 Å². The Kier molecular flexibility index (Phi) is 5.56. The Bertz CT molecular complexity index is 832. The van der Waals surface area contributed by atoms with Crippen LogP contribution in [0.25, 0.3) is 6.08 Å². The number of hydrogen-bond acceptors (Lipinski definition) is 3. The van der Waals surface area contributed by atoms with E-state index in [1.54, 1.807) is 11.0 Å². The highest BCUT2D eigenvalue weighted by Crippen LogP contribution is 2.35. The molecule has 3 rings (SSSR count). The Labute approximate surface area is 155 Å². The summed E-state index contributed by atoms with van der Waals surface area (Å²) in [7, 11) is 0. The zero-order chi connectivity index (χ0) is 17.8. The summed E-state index contributed by atoms with van der Waals surface area (Å²) in [6, 6.07) is 13.9. The number of para-hydroxylation sites is 1. The fraction of sp³-hybridized carbons (Fsp3) is 0.158. The van der Waals surface area contributed by atoms with Crippen molar-refractivity contribution in [3.05, 3.63) is 69.8 Å². The van der Waals surface area contributed by atoms with Crippen LogP contribution in [0.2, 0.25) is 5.02 Å². The Morgan fingerprint density at radius 2 is 1.96 bits per heavy atom. The van der Waals surface area contributed by atoms with E-state index in [2.05, 4.69) is 4.99 Å². The summed E-state index contributed by atoms with van der Waals surface area (Å²) in [6.07, 6.45) is 2.30. The number of thioether (sulfide) groups is 1. The van der Waals surface area contributed by atoms with Crippen LogP contribution >= 0.6 is 23.4 Å². The quantitative estimate of drug-likeness (QED) is 0.662. The van der Waals surface area contributed by atoms with Gasteiger partial charge in [0.15, 0.2) is 5.17 Å². The summed E-state index contributed by atoms with van der Waals surface area (Å²) < 4.78 is 14.0. The molecule has 1 amide bonds. The topological polar surface area (TPSA) is 32.7 Å². The van der Waals surface area contributed by atoms with Gasteiger partial charge in [0.25, 0.3) is 5.91 Å². The molecule has 1 heterocycles. The molecule has 3 nitrogen and oxygen atoms in total. The molecule has 0 bridgehead atoms. The van der Waals surface area contributed by atoms with E-state index in [1.807, 2.05) is 37.3 Å². The Balaban J connectivity index is 1.99. The molecule has 1 aliphatic heterocycles. The maximum Gasteiger partial charge on any atom is 0.266 e. The first-order valence-corrected chi connectivity index (χ1v) is 9.08. The molecule has 0 atom stereocenters. The SMILES string of the molecule is CCCN1C(=O)/C(=C\c2c(F)cccc2Cl)SC1=Nc1ccccc1. The van der Waals surface area contributed by atoms with Crippen LogP contribution in [0.3, 0.4) is 0 Å². The Morgan fingerprint density at radius 3 is 2.64 bits per heavy atom. The number of aliphatic imine (C=N–C) groups is 1. The van der Waals surface area contributed by atoms with Gasteiger partial charge in [0.2, 0.25) is 0 Å². The average Bonchev–Trinajstić information content (AvgIpc) is 2.88. The van der Waals surface area contributed by atoms with Gasteiger partial charge < -0.3 is 0 Å². The minimum Gasteiger partial charge on any atom is -0.286 e. The summed E-state index contributed by atoms with van der Waals surface area (Å²) in [5.41, 5.74) is 0.988. The number of carbonyl (C=O) groups is 1. The van der Waals surface area contributed by atoms with Gasteiger partial charge in [-0.1, -0.05) is 42.8 Å². The summed E-state index contributed by atoms with van der Waals surface area (Å²) in [5, 5.41) is 0.869. The molecule has 0 saturated carbocycles. The first-order valence-electron chi connectivity index (χ1n) is 7.89. The van der Waals surface area contributed by atoms with Gasteiger partial charge in [-0.25, -0.2) is 9.38 Å². The van der Waals surface area contributed by atoms with E-state index in [4.69, 9.17) is 11.6 Å². The van der Waals surface area contributed by atoms with E-state index in [1.165, 1.54) is 30.0 Å². The second-order valence-corrected chi connectivity index (χ2v) is 6.85. The minimum absolute atomic E-state index is 0.180. The van der Waals surface area contributed by atoms with Gasteiger partial charge in [-0.2, -0.15) is 0 Å². The molecular weight excluding hydrogens is 359 g/mol. The molecule has 128 valence electrons. The summed E-state index contributed by atoms with van der Waals surface area (Å²) in [6.45, 7) is 2.55. The van der Waals surface area contributed by atoms with Crippen LogP contribution in [-0.2, 0) is 4.79 Å². The number of amides is 1. The first-order chi connectivity index (χ1) is 12.1. The van der Waals surface area contributed by atoms with Crippen molar-refractivity contribution in [2.75, 3.05) is 6.54 Å². The van der Waals surface area contributed by atoms with E-state index < -0.39 is 5.82 Å². The number of amidine groups is 1. The van der Waals surface area contributed by atoms with E-state index in [-0.39, 0.29) is 16.5 Å². The molecule has 0 N–H and O–H groups in total. The molecule has 1 aliphatic rings. The fourth-order valence-electron chi connectivity index (χ4n) is 2.40. The van der Waals surface area contributed by atoms with Crippen molar-refractivity contribution in [1.29, 1.82) is 0 Å². The number of rotatable bonds is 4. The molecule has 1 fully saturated rings. The van der Waals surface area contributed by atoms with Crippen molar-refractivity contribution >= 4 is 46.2 Å². The first kappa shape index (κ1) is 17.7. The monoisotopic (exact) mass is 374 g/mol. The molecule has 0 spiro atoms. The van der Waals surface area contributed by atoms with Crippen LogP contribution in [0.4, 0.5) is 10.1 Å². The number of nitrogens with zero attached hydrogens (tertiary/aromatic N) is 2. The highest BCUT2D eigenvalue weighted by molar-refractivity contribution is 8.18. The van der Waals surface area contributed by atoms with E-state index >= 15 is 0 Å². The third-order valence-corrected chi connectivity index (χ3v) is 4.93. The van der Waals surface area contributed by atoms with Crippen LogP contribution in [0, 0.1) is 5.82 Å². The van der Waals surface area contributed by atoms with Crippen molar-refractivity contribution in [2.24, 2.45) is 4.99 Å². The standard InChI is InChI=1S/C19H16ClFN2OS/c1-2-11-23-18(24)17(12-14-15(20)9-6-10-16(14)21)25-19(23)22-13-7-4-3-5-8-13/h3-10,12H,2,11H2,1H3/b17-12+,22-19?.